The summed E-state index contributed by atoms with van der Waals surface area (Å²) in [4.78, 5) is 27.2. The van der Waals surface area contributed by atoms with Crippen molar-refractivity contribution >= 4 is 17.5 Å². The van der Waals surface area contributed by atoms with Crippen LogP contribution < -0.4 is 5.32 Å². The fourth-order valence-corrected chi connectivity index (χ4v) is 2.68. The number of hydrogen-bond donors (Lipinski definition) is 1. The quantitative estimate of drug-likeness (QED) is 0.775. The lowest BCUT2D eigenvalue weighted by atomic mass is 9.89. The van der Waals surface area contributed by atoms with Crippen LogP contribution in [0.5, 0.6) is 0 Å². The third-order valence-corrected chi connectivity index (χ3v) is 3.86. The topological polar surface area (TPSA) is 49.4 Å². The molecule has 0 bridgehead atoms. The molecule has 1 aromatic carbocycles. The number of nitrogens with one attached hydrogen (secondary N) is 1. The number of aryl methyl sites for hydroxylation is 2. The number of rotatable bonds is 7. The maximum Gasteiger partial charge on any atom is 0.239 e. The maximum atomic E-state index is 12.8. The van der Waals surface area contributed by atoms with Gasteiger partial charge >= 0.3 is 0 Å². The minimum atomic E-state index is -1.08. The van der Waals surface area contributed by atoms with Crippen molar-refractivity contribution in [3.8, 4) is 0 Å². The van der Waals surface area contributed by atoms with Crippen LogP contribution in [0.25, 0.3) is 0 Å². The van der Waals surface area contributed by atoms with Crippen LogP contribution >= 0.6 is 0 Å². The summed E-state index contributed by atoms with van der Waals surface area (Å²) in [6, 6.07) is 5.89. The molecular weight excluding hydrogens is 288 g/mol. The predicted molar refractivity (Wildman–Crippen MR) is 95.5 cm³/mol. The molecule has 0 aliphatic carbocycles. The second kappa shape index (κ2) is 8.14. The van der Waals surface area contributed by atoms with Crippen molar-refractivity contribution in [1.82, 2.24) is 4.90 Å². The monoisotopic (exact) mass is 318 g/mol. The van der Waals surface area contributed by atoms with E-state index in [9.17, 15) is 9.59 Å². The Morgan fingerprint density at radius 1 is 1.00 bits per heavy atom. The highest BCUT2D eigenvalue weighted by molar-refractivity contribution is 6.09. The summed E-state index contributed by atoms with van der Waals surface area (Å²) in [6.45, 7) is 12.8. The van der Waals surface area contributed by atoms with Gasteiger partial charge in [0.05, 0.1) is 0 Å². The number of hydrogen-bond acceptors (Lipinski definition) is 2. The van der Waals surface area contributed by atoms with E-state index in [4.69, 9.17) is 0 Å². The summed E-state index contributed by atoms with van der Waals surface area (Å²) in [7, 11) is 0. The van der Waals surface area contributed by atoms with Crippen molar-refractivity contribution < 1.29 is 9.59 Å². The normalized spacial score (nSPS) is 11.2. The summed E-state index contributed by atoms with van der Waals surface area (Å²) < 4.78 is 0. The Balaban J connectivity index is 2.92. The van der Waals surface area contributed by atoms with E-state index in [2.05, 4.69) is 11.4 Å². The standard InChI is InChI=1S/C19H30N2O2/c1-7-9-21(10-8-2)18(23)19(5,6)17(22)20-16-12-14(3)11-15(4)13-16/h11-13H,7-10H2,1-6H3,(H,20,22). The third-order valence-electron chi connectivity index (χ3n) is 3.86. The largest absolute Gasteiger partial charge is 0.342 e. The van der Waals surface area contributed by atoms with Crippen LogP contribution in [-0.4, -0.2) is 29.8 Å². The van der Waals surface area contributed by atoms with E-state index in [0.29, 0.717) is 13.1 Å². The molecule has 0 atom stereocenters. The van der Waals surface area contributed by atoms with E-state index in [0.717, 1.165) is 29.7 Å². The number of carbonyl (C=O) groups excluding carboxylic acids is 2. The van der Waals surface area contributed by atoms with Crippen molar-refractivity contribution in [3.05, 3.63) is 29.3 Å². The molecule has 0 unspecified atom stereocenters. The molecule has 0 radical (unpaired) electrons. The van der Waals surface area contributed by atoms with Crippen molar-refractivity contribution in [2.75, 3.05) is 18.4 Å². The van der Waals surface area contributed by atoms with Crippen molar-refractivity contribution in [2.45, 2.75) is 54.4 Å². The summed E-state index contributed by atoms with van der Waals surface area (Å²) in [6.07, 6.45) is 1.78. The van der Waals surface area contributed by atoms with Gasteiger partial charge in [-0.2, -0.15) is 0 Å². The molecular formula is C19H30N2O2. The first kappa shape index (κ1) is 19.2. The molecule has 2 amide bonds. The molecule has 1 rings (SSSR count). The zero-order chi connectivity index (χ0) is 17.6. The molecule has 0 spiro atoms. The molecule has 0 heterocycles. The average molecular weight is 318 g/mol. The van der Waals surface area contributed by atoms with E-state index in [1.807, 2.05) is 39.8 Å². The molecule has 1 aromatic rings. The first-order chi connectivity index (χ1) is 10.7. The van der Waals surface area contributed by atoms with Crippen LogP contribution in [0.4, 0.5) is 5.69 Å². The van der Waals surface area contributed by atoms with Crippen LogP contribution in [0.1, 0.15) is 51.7 Å². The van der Waals surface area contributed by atoms with Gasteiger partial charge < -0.3 is 10.2 Å². The zero-order valence-electron chi connectivity index (χ0n) is 15.3. The highest BCUT2D eigenvalue weighted by Gasteiger charge is 2.38. The van der Waals surface area contributed by atoms with Gasteiger partial charge in [0.15, 0.2) is 0 Å². The Bertz CT molecular complexity index is 538. The maximum absolute atomic E-state index is 12.8. The van der Waals surface area contributed by atoms with Gasteiger partial charge in [0.1, 0.15) is 5.41 Å². The predicted octanol–water partition coefficient (Wildman–Crippen LogP) is 3.92. The summed E-state index contributed by atoms with van der Waals surface area (Å²) >= 11 is 0. The highest BCUT2D eigenvalue weighted by atomic mass is 16.2. The van der Waals surface area contributed by atoms with Gasteiger partial charge in [-0.25, -0.2) is 0 Å². The second-order valence-corrected chi connectivity index (χ2v) is 6.75. The van der Waals surface area contributed by atoms with Gasteiger partial charge in [0, 0.05) is 18.8 Å². The van der Waals surface area contributed by atoms with Crippen LogP contribution in [0.2, 0.25) is 0 Å². The van der Waals surface area contributed by atoms with Gasteiger partial charge in [-0.05, 0) is 63.8 Å². The van der Waals surface area contributed by atoms with Gasteiger partial charge in [0.25, 0.3) is 0 Å². The molecule has 0 saturated carbocycles. The molecule has 23 heavy (non-hydrogen) atoms. The van der Waals surface area contributed by atoms with Gasteiger partial charge in [-0.15, -0.1) is 0 Å². The van der Waals surface area contributed by atoms with Gasteiger partial charge in [-0.3, -0.25) is 9.59 Å². The first-order valence-electron chi connectivity index (χ1n) is 8.41. The fourth-order valence-electron chi connectivity index (χ4n) is 2.68. The lowest BCUT2D eigenvalue weighted by molar-refractivity contribution is -0.146. The first-order valence-corrected chi connectivity index (χ1v) is 8.41. The van der Waals surface area contributed by atoms with E-state index in [1.165, 1.54) is 0 Å². The van der Waals surface area contributed by atoms with E-state index >= 15 is 0 Å². The SMILES string of the molecule is CCCN(CCC)C(=O)C(C)(C)C(=O)Nc1cc(C)cc(C)c1. The number of anilines is 1. The van der Waals surface area contributed by atoms with Crippen molar-refractivity contribution in [2.24, 2.45) is 5.41 Å². The Labute approximate surface area is 140 Å². The Hall–Kier alpha value is -1.84. The lowest BCUT2D eigenvalue weighted by Crippen LogP contribution is -2.47. The van der Waals surface area contributed by atoms with Gasteiger partial charge in [-0.1, -0.05) is 19.9 Å². The van der Waals surface area contributed by atoms with Crippen LogP contribution in [0.3, 0.4) is 0 Å². The molecule has 0 aliphatic heterocycles. The molecule has 0 aromatic heterocycles. The lowest BCUT2D eigenvalue weighted by Gasteiger charge is -2.31. The molecule has 1 N–H and O–H groups in total. The summed E-state index contributed by atoms with van der Waals surface area (Å²) in [5, 5.41) is 2.90. The molecule has 0 fully saturated rings. The third kappa shape index (κ3) is 5.08. The van der Waals surface area contributed by atoms with Crippen LogP contribution in [-0.2, 0) is 9.59 Å². The molecule has 128 valence electrons. The van der Waals surface area contributed by atoms with E-state index < -0.39 is 5.41 Å². The van der Waals surface area contributed by atoms with Crippen LogP contribution in [0, 0.1) is 19.3 Å². The van der Waals surface area contributed by atoms with Gasteiger partial charge in [0.2, 0.25) is 11.8 Å². The van der Waals surface area contributed by atoms with E-state index in [1.54, 1.807) is 18.7 Å². The van der Waals surface area contributed by atoms with Crippen molar-refractivity contribution in [3.63, 3.8) is 0 Å². The van der Waals surface area contributed by atoms with Crippen LogP contribution in [0.15, 0.2) is 18.2 Å². The molecule has 4 heteroatoms. The minimum absolute atomic E-state index is 0.108. The highest BCUT2D eigenvalue weighted by Crippen LogP contribution is 2.23. The Kier molecular flexibility index (Phi) is 6.79. The Morgan fingerprint density at radius 2 is 1.48 bits per heavy atom. The van der Waals surface area contributed by atoms with E-state index in [-0.39, 0.29) is 11.8 Å². The molecule has 0 saturated heterocycles. The Morgan fingerprint density at radius 3 is 1.91 bits per heavy atom. The zero-order valence-corrected chi connectivity index (χ0v) is 15.3. The minimum Gasteiger partial charge on any atom is -0.342 e. The summed E-state index contributed by atoms with van der Waals surface area (Å²) in [5.74, 6) is -0.368. The fraction of sp³-hybridized carbons (Fsp3) is 0.579. The number of nitrogens with zero attached hydrogens (tertiary/aromatic N) is 1. The molecule has 4 nitrogen and oxygen atoms in total. The molecule has 0 aliphatic rings. The number of amides is 2. The number of benzene rings is 1. The summed E-state index contributed by atoms with van der Waals surface area (Å²) in [5.41, 5.74) is 1.83. The second-order valence-electron chi connectivity index (χ2n) is 6.75. The van der Waals surface area contributed by atoms with Crippen molar-refractivity contribution in [1.29, 1.82) is 0 Å². The average Bonchev–Trinajstić information content (AvgIpc) is 2.45. The smallest absolute Gasteiger partial charge is 0.239 e. The number of carbonyl (C=O) groups is 2.